The molecular formula is C31H49N3O4. The topological polar surface area (TPSA) is 87.7 Å². The second kappa shape index (κ2) is 14.4. The molecule has 7 nitrogen and oxygen atoms in total. The van der Waals surface area contributed by atoms with Gasteiger partial charge in [-0.25, -0.2) is 4.79 Å². The Morgan fingerprint density at radius 2 is 1.76 bits per heavy atom. The van der Waals surface area contributed by atoms with E-state index in [1.165, 1.54) is 6.42 Å². The number of carbonyl (C=O) groups excluding carboxylic acids is 3. The van der Waals surface area contributed by atoms with Crippen molar-refractivity contribution in [2.24, 2.45) is 5.92 Å². The summed E-state index contributed by atoms with van der Waals surface area (Å²) in [6.45, 7) is 17.1. The first-order valence-electron chi connectivity index (χ1n) is 14.3. The maximum atomic E-state index is 14.4. The average Bonchev–Trinajstić information content (AvgIpc) is 2.88. The summed E-state index contributed by atoms with van der Waals surface area (Å²) in [4.78, 5) is 42.8. The van der Waals surface area contributed by atoms with Gasteiger partial charge < -0.3 is 20.3 Å². The first-order chi connectivity index (χ1) is 17.9. The molecule has 1 saturated carbocycles. The average molecular weight is 528 g/mol. The molecule has 2 rings (SSSR count). The van der Waals surface area contributed by atoms with Crippen molar-refractivity contribution < 1.29 is 19.1 Å². The van der Waals surface area contributed by atoms with Crippen LogP contribution in [0.5, 0.6) is 0 Å². The van der Waals surface area contributed by atoms with Gasteiger partial charge in [0.25, 0.3) is 0 Å². The first-order valence-corrected chi connectivity index (χ1v) is 14.3. The Morgan fingerprint density at radius 1 is 1.11 bits per heavy atom. The normalized spacial score (nSPS) is 17.4. The zero-order valence-electron chi connectivity index (χ0n) is 24.5. The second-order valence-electron chi connectivity index (χ2n) is 11.6. The summed E-state index contributed by atoms with van der Waals surface area (Å²) in [5.74, 6) is -0.637. The Morgan fingerprint density at radius 3 is 2.32 bits per heavy atom. The summed E-state index contributed by atoms with van der Waals surface area (Å²) >= 11 is 0. The number of nitrogens with zero attached hydrogens (tertiary/aromatic N) is 1. The summed E-state index contributed by atoms with van der Waals surface area (Å²) in [5.41, 5.74) is 0.904. The minimum atomic E-state index is -0.841. The highest BCUT2D eigenvalue weighted by atomic mass is 16.6. The van der Waals surface area contributed by atoms with Crippen molar-refractivity contribution in [3.8, 4) is 0 Å². The number of rotatable bonds is 11. The van der Waals surface area contributed by atoms with Crippen LogP contribution in [0.4, 0.5) is 4.79 Å². The Balaban J connectivity index is 2.54. The summed E-state index contributed by atoms with van der Waals surface area (Å²) in [6, 6.07) is 5.79. The second-order valence-corrected chi connectivity index (χ2v) is 11.6. The Bertz CT molecular complexity index is 949. The van der Waals surface area contributed by atoms with E-state index in [1.54, 1.807) is 31.7 Å². The molecule has 0 aromatic heterocycles. The number of carbonyl (C=O) groups is 3. The van der Waals surface area contributed by atoms with Gasteiger partial charge in [-0.15, -0.1) is 0 Å². The van der Waals surface area contributed by atoms with Gasteiger partial charge >= 0.3 is 6.09 Å². The highest BCUT2D eigenvalue weighted by molar-refractivity contribution is 5.92. The minimum absolute atomic E-state index is 0.0977. The van der Waals surface area contributed by atoms with Crippen LogP contribution in [0.15, 0.2) is 30.8 Å². The van der Waals surface area contributed by atoms with Crippen LogP contribution in [0.1, 0.15) is 111 Å². The lowest BCUT2D eigenvalue weighted by Gasteiger charge is -2.40. The van der Waals surface area contributed by atoms with Gasteiger partial charge in [0.1, 0.15) is 17.7 Å². The maximum Gasteiger partial charge on any atom is 0.408 e. The van der Waals surface area contributed by atoms with Crippen LogP contribution >= 0.6 is 0 Å². The molecule has 1 aliphatic rings. The molecule has 4 atom stereocenters. The third kappa shape index (κ3) is 8.88. The van der Waals surface area contributed by atoms with E-state index in [4.69, 9.17) is 4.74 Å². The fourth-order valence-electron chi connectivity index (χ4n) is 4.90. The number of ether oxygens (including phenoxy) is 1. The summed E-state index contributed by atoms with van der Waals surface area (Å²) in [6.07, 6.45) is 7.66. The maximum absolute atomic E-state index is 14.4. The van der Waals surface area contributed by atoms with E-state index in [0.29, 0.717) is 12.8 Å². The molecular weight excluding hydrogens is 478 g/mol. The SMILES string of the molecule is C=Cc1cccc(C(C(=O)NC2CCCCC2)N(C(=O)C(NC(=O)OC(C)(C)C)C(C)CC)C(C)CC)c1. The fraction of sp³-hybridized carbons (Fsp3) is 0.645. The number of amides is 3. The fourth-order valence-corrected chi connectivity index (χ4v) is 4.90. The molecule has 0 heterocycles. The number of nitrogens with one attached hydrogen (secondary N) is 2. The highest BCUT2D eigenvalue weighted by Gasteiger charge is 2.40. The van der Waals surface area contributed by atoms with Crippen LogP contribution in [-0.2, 0) is 14.3 Å². The summed E-state index contributed by atoms with van der Waals surface area (Å²) in [5, 5.41) is 6.08. The summed E-state index contributed by atoms with van der Waals surface area (Å²) < 4.78 is 5.49. The lowest BCUT2D eigenvalue weighted by atomic mass is 9.92. The third-order valence-electron chi connectivity index (χ3n) is 7.41. The standard InChI is InChI=1S/C31H49N3O4/c1-9-21(4)26(33-30(37)38-31(6,7)8)29(36)34(22(5)10-2)27(24-17-15-16-23(11-3)20-24)28(35)32-25-18-13-12-14-19-25/h11,15-17,20-22,25-27H,3,9-10,12-14,18-19H2,1-2,4-8H3,(H,32,35)(H,33,37). The molecule has 1 fully saturated rings. The molecule has 2 N–H and O–H groups in total. The highest BCUT2D eigenvalue weighted by Crippen LogP contribution is 2.29. The van der Waals surface area contributed by atoms with E-state index in [2.05, 4.69) is 17.2 Å². The van der Waals surface area contributed by atoms with Crippen LogP contribution < -0.4 is 10.6 Å². The molecule has 3 amide bonds. The van der Waals surface area contributed by atoms with Crippen LogP contribution in [0.3, 0.4) is 0 Å². The van der Waals surface area contributed by atoms with Gasteiger partial charge in [-0.05, 0) is 70.1 Å². The van der Waals surface area contributed by atoms with Crippen molar-refractivity contribution in [2.45, 2.75) is 123 Å². The van der Waals surface area contributed by atoms with Gasteiger partial charge in [-0.3, -0.25) is 9.59 Å². The van der Waals surface area contributed by atoms with Gasteiger partial charge in [0.05, 0.1) is 0 Å². The van der Waals surface area contributed by atoms with Crippen molar-refractivity contribution in [3.63, 3.8) is 0 Å². The predicted molar refractivity (Wildman–Crippen MR) is 154 cm³/mol. The lowest BCUT2D eigenvalue weighted by molar-refractivity contribution is -0.146. The van der Waals surface area contributed by atoms with Crippen molar-refractivity contribution >= 4 is 24.0 Å². The van der Waals surface area contributed by atoms with Crippen LogP contribution in [-0.4, -0.2) is 46.5 Å². The predicted octanol–water partition coefficient (Wildman–Crippen LogP) is 6.39. The van der Waals surface area contributed by atoms with Crippen molar-refractivity contribution in [3.05, 3.63) is 42.0 Å². The molecule has 0 radical (unpaired) electrons. The molecule has 1 aromatic carbocycles. The zero-order valence-corrected chi connectivity index (χ0v) is 24.5. The largest absolute Gasteiger partial charge is 0.444 e. The zero-order chi connectivity index (χ0) is 28.5. The van der Waals surface area contributed by atoms with Crippen molar-refractivity contribution in [2.75, 3.05) is 0 Å². The van der Waals surface area contributed by atoms with Crippen LogP contribution in [0, 0.1) is 5.92 Å². The number of benzene rings is 1. The van der Waals surface area contributed by atoms with Gasteiger partial charge in [-0.2, -0.15) is 0 Å². The molecule has 4 unspecified atom stereocenters. The van der Waals surface area contributed by atoms with Crippen LogP contribution in [0.2, 0.25) is 0 Å². The quantitative estimate of drug-likeness (QED) is 0.349. The third-order valence-corrected chi connectivity index (χ3v) is 7.41. The number of hydrogen-bond acceptors (Lipinski definition) is 4. The van der Waals surface area contributed by atoms with E-state index in [9.17, 15) is 14.4 Å². The molecule has 38 heavy (non-hydrogen) atoms. The summed E-state index contributed by atoms with van der Waals surface area (Å²) in [7, 11) is 0. The number of hydrogen-bond donors (Lipinski definition) is 2. The minimum Gasteiger partial charge on any atom is -0.444 e. The molecule has 0 saturated heterocycles. The molecule has 0 bridgehead atoms. The Labute approximate surface area is 229 Å². The van der Waals surface area contributed by atoms with E-state index in [0.717, 1.165) is 36.8 Å². The number of alkyl carbamates (subject to hydrolysis) is 1. The molecule has 0 aliphatic heterocycles. The smallest absolute Gasteiger partial charge is 0.408 e. The van der Waals surface area contributed by atoms with Gasteiger partial charge in [0.2, 0.25) is 11.8 Å². The Hall–Kier alpha value is -2.83. The van der Waals surface area contributed by atoms with E-state index < -0.39 is 23.8 Å². The lowest BCUT2D eigenvalue weighted by Crippen LogP contribution is -2.57. The Kier molecular flexibility index (Phi) is 11.9. The molecule has 1 aliphatic carbocycles. The van der Waals surface area contributed by atoms with Crippen LogP contribution in [0.25, 0.3) is 6.08 Å². The first kappa shape index (κ1) is 31.4. The molecule has 0 spiro atoms. The van der Waals surface area contributed by atoms with E-state index in [1.807, 2.05) is 52.0 Å². The van der Waals surface area contributed by atoms with Gasteiger partial charge in [0, 0.05) is 12.1 Å². The molecule has 7 heteroatoms. The van der Waals surface area contributed by atoms with Crippen molar-refractivity contribution in [1.29, 1.82) is 0 Å². The van der Waals surface area contributed by atoms with Crippen molar-refractivity contribution in [1.82, 2.24) is 15.5 Å². The van der Waals surface area contributed by atoms with Gasteiger partial charge in [0.15, 0.2) is 0 Å². The van der Waals surface area contributed by atoms with E-state index in [-0.39, 0.29) is 29.8 Å². The van der Waals surface area contributed by atoms with Gasteiger partial charge in [-0.1, -0.05) is 77.3 Å². The molecule has 212 valence electrons. The monoisotopic (exact) mass is 527 g/mol. The molecule has 1 aromatic rings. The van der Waals surface area contributed by atoms with E-state index >= 15 is 0 Å².